The molecular weight excluding hydrogens is 598 g/mol. The number of para-hydroxylation sites is 1. The second kappa shape index (κ2) is 15.4. The second-order valence-electron chi connectivity index (χ2n) is 11.7. The van der Waals surface area contributed by atoms with E-state index in [0.29, 0.717) is 25.9 Å². The lowest BCUT2D eigenvalue weighted by atomic mass is 10.0. The van der Waals surface area contributed by atoms with Crippen LogP contribution < -0.4 is 27.4 Å². The third-order valence-corrected chi connectivity index (χ3v) is 9.95. The molecule has 3 amide bonds. The van der Waals surface area contributed by atoms with Crippen molar-refractivity contribution in [2.75, 3.05) is 20.1 Å². The lowest BCUT2D eigenvalue weighted by Gasteiger charge is -2.31. The molecule has 0 unspecified atom stereocenters. The molecular formula is C35H43N7O3S. The summed E-state index contributed by atoms with van der Waals surface area (Å²) in [6.45, 7) is 3.10. The number of hydrogen-bond acceptors (Lipinski definition) is 7. The van der Waals surface area contributed by atoms with Crippen LogP contribution in [-0.2, 0) is 33.9 Å². The maximum Gasteiger partial charge on any atom is 0.246 e. The van der Waals surface area contributed by atoms with Gasteiger partial charge in [0.25, 0.3) is 0 Å². The van der Waals surface area contributed by atoms with Crippen LogP contribution >= 0.6 is 11.8 Å². The SMILES string of the molecule is Cc1cccc2c1Sc1ccccc1CN[C@@H](CCCN)C(=O)N[C@@H](CN)C(=O)N(C)[C@@H](Cc1c[nH]c3ccccc13)C(=O)NC2. The van der Waals surface area contributed by atoms with Crippen LogP contribution in [0.15, 0.2) is 82.7 Å². The summed E-state index contributed by atoms with van der Waals surface area (Å²) in [5.74, 6) is -1.07. The van der Waals surface area contributed by atoms with Crippen LogP contribution in [0.5, 0.6) is 0 Å². The lowest BCUT2D eigenvalue weighted by Crippen LogP contribution is -2.59. The van der Waals surface area contributed by atoms with Gasteiger partial charge in [-0.05, 0) is 60.7 Å². The zero-order valence-electron chi connectivity index (χ0n) is 26.3. The Balaban J connectivity index is 1.54. The number of nitrogens with zero attached hydrogens (tertiary/aromatic N) is 1. The van der Waals surface area contributed by atoms with Crippen molar-refractivity contribution in [3.63, 3.8) is 0 Å². The van der Waals surface area contributed by atoms with Gasteiger partial charge < -0.3 is 37.3 Å². The number of carbonyl (C=O) groups excluding carboxylic acids is 3. The highest BCUT2D eigenvalue weighted by Gasteiger charge is 2.33. The summed E-state index contributed by atoms with van der Waals surface area (Å²) in [4.78, 5) is 48.4. The molecule has 46 heavy (non-hydrogen) atoms. The summed E-state index contributed by atoms with van der Waals surface area (Å²) in [6.07, 6.45) is 3.27. The van der Waals surface area contributed by atoms with Gasteiger partial charge in [0.05, 0.1) is 6.04 Å². The maximum absolute atomic E-state index is 14.0. The van der Waals surface area contributed by atoms with E-state index in [1.54, 1.807) is 18.8 Å². The lowest BCUT2D eigenvalue weighted by molar-refractivity contribution is -0.141. The zero-order chi connectivity index (χ0) is 32.6. The van der Waals surface area contributed by atoms with Crippen molar-refractivity contribution in [2.24, 2.45) is 11.5 Å². The van der Waals surface area contributed by atoms with Crippen LogP contribution in [0.25, 0.3) is 10.9 Å². The van der Waals surface area contributed by atoms with Gasteiger partial charge in [-0.1, -0.05) is 66.4 Å². The topological polar surface area (TPSA) is 158 Å². The van der Waals surface area contributed by atoms with E-state index < -0.39 is 24.0 Å². The molecule has 8 N–H and O–H groups in total. The Morgan fingerprint density at radius 3 is 2.46 bits per heavy atom. The smallest absolute Gasteiger partial charge is 0.246 e. The minimum Gasteiger partial charge on any atom is -0.361 e. The number of aromatic nitrogens is 1. The molecule has 0 saturated carbocycles. The molecule has 242 valence electrons. The van der Waals surface area contributed by atoms with E-state index in [1.165, 1.54) is 4.90 Å². The first-order valence-electron chi connectivity index (χ1n) is 15.7. The first kappa shape index (κ1) is 33.2. The highest BCUT2D eigenvalue weighted by atomic mass is 32.2. The van der Waals surface area contributed by atoms with Gasteiger partial charge in [-0.25, -0.2) is 0 Å². The van der Waals surface area contributed by atoms with Crippen molar-refractivity contribution in [3.8, 4) is 0 Å². The zero-order valence-corrected chi connectivity index (χ0v) is 27.2. The Labute approximate surface area is 274 Å². The van der Waals surface area contributed by atoms with Gasteiger partial charge in [0.2, 0.25) is 17.7 Å². The molecule has 0 radical (unpaired) electrons. The van der Waals surface area contributed by atoms with Crippen molar-refractivity contribution < 1.29 is 14.4 Å². The predicted octanol–water partition coefficient (Wildman–Crippen LogP) is 2.97. The van der Waals surface area contributed by atoms with Gasteiger partial charge in [0.1, 0.15) is 12.1 Å². The number of nitrogens with one attached hydrogen (secondary N) is 4. The number of aryl methyl sites for hydroxylation is 1. The Hall–Kier alpha value is -4.16. The van der Waals surface area contributed by atoms with E-state index in [1.807, 2.05) is 60.8 Å². The van der Waals surface area contributed by atoms with Crippen molar-refractivity contribution in [3.05, 3.63) is 95.2 Å². The summed E-state index contributed by atoms with van der Waals surface area (Å²) in [6, 6.07) is 19.5. The number of aromatic amines is 1. The third-order valence-electron chi connectivity index (χ3n) is 8.54. The number of fused-ring (bicyclic) bond motifs is 3. The number of rotatable bonds is 6. The Kier molecular flexibility index (Phi) is 11.1. The average molecular weight is 642 g/mol. The number of carbonyl (C=O) groups is 3. The van der Waals surface area contributed by atoms with Gasteiger partial charge in [-0.2, -0.15) is 0 Å². The highest BCUT2D eigenvalue weighted by Crippen LogP contribution is 2.35. The molecule has 1 aliphatic rings. The number of H-pyrrole nitrogens is 1. The molecule has 0 fully saturated rings. The van der Waals surface area contributed by atoms with Gasteiger partial charge in [-0.3, -0.25) is 14.4 Å². The summed E-state index contributed by atoms with van der Waals surface area (Å²) in [5, 5.41) is 10.4. The number of likely N-dealkylation sites (N-methyl/N-ethyl adjacent to an activating group) is 1. The van der Waals surface area contributed by atoms with E-state index in [0.717, 1.165) is 42.9 Å². The fourth-order valence-corrected chi connectivity index (χ4v) is 6.98. The minimum absolute atomic E-state index is 0.119. The number of benzene rings is 3. The van der Waals surface area contributed by atoms with Crippen LogP contribution in [-0.4, -0.2) is 65.9 Å². The van der Waals surface area contributed by atoms with Crippen molar-refractivity contribution in [1.82, 2.24) is 25.8 Å². The van der Waals surface area contributed by atoms with Crippen molar-refractivity contribution in [1.29, 1.82) is 0 Å². The van der Waals surface area contributed by atoms with Crippen LogP contribution in [0.1, 0.15) is 35.1 Å². The molecule has 0 bridgehead atoms. The molecule has 3 aromatic carbocycles. The van der Waals surface area contributed by atoms with Gasteiger partial charge in [0.15, 0.2) is 0 Å². The molecule has 1 aromatic heterocycles. The van der Waals surface area contributed by atoms with Crippen molar-refractivity contribution in [2.45, 2.75) is 67.2 Å². The van der Waals surface area contributed by atoms with Crippen LogP contribution in [0, 0.1) is 6.92 Å². The third kappa shape index (κ3) is 7.61. The fraction of sp³-hybridized carbons (Fsp3) is 0.343. The predicted molar refractivity (Wildman–Crippen MR) is 182 cm³/mol. The molecule has 0 aliphatic carbocycles. The summed E-state index contributed by atoms with van der Waals surface area (Å²) in [7, 11) is 1.60. The van der Waals surface area contributed by atoms with Crippen LogP contribution in [0.3, 0.4) is 0 Å². The molecule has 3 atom stereocenters. The standard InChI is InChI=1S/C35H43N7O3S/c1-22-9-7-11-24-20-40-34(44)30(17-25-21-38-27-13-5-4-12-26(25)27)42(2)35(45)29(18-37)41-33(43)28(14-8-16-36)39-19-23-10-3-6-15-31(23)46-32(22)24/h3-7,9-13,15,21,28-30,38-39H,8,14,16-20,36-37H2,1-2H3,(H,40,44)(H,41,43)/t28-,29-,30-/m0/s1. The maximum atomic E-state index is 14.0. The van der Waals surface area contributed by atoms with Gasteiger partial charge in [-0.15, -0.1) is 0 Å². The van der Waals surface area contributed by atoms with Gasteiger partial charge in [0, 0.05) is 60.0 Å². The molecule has 0 saturated heterocycles. The van der Waals surface area contributed by atoms with Crippen molar-refractivity contribution >= 4 is 40.4 Å². The Morgan fingerprint density at radius 2 is 1.65 bits per heavy atom. The van der Waals surface area contributed by atoms with E-state index in [4.69, 9.17) is 11.5 Å². The highest BCUT2D eigenvalue weighted by molar-refractivity contribution is 7.99. The Bertz CT molecular complexity index is 1690. The minimum atomic E-state index is -1.01. The first-order chi connectivity index (χ1) is 22.3. The Morgan fingerprint density at radius 1 is 0.891 bits per heavy atom. The van der Waals surface area contributed by atoms with Crippen LogP contribution in [0.4, 0.5) is 0 Å². The monoisotopic (exact) mass is 641 g/mol. The largest absolute Gasteiger partial charge is 0.361 e. The summed E-state index contributed by atoms with van der Waals surface area (Å²) in [5.41, 5.74) is 16.8. The molecule has 2 heterocycles. The van der Waals surface area contributed by atoms with E-state index in [-0.39, 0.29) is 31.3 Å². The molecule has 0 spiro atoms. The van der Waals surface area contributed by atoms with E-state index in [2.05, 4.69) is 40.0 Å². The van der Waals surface area contributed by atoms with Gasteiger partial charge >= 0.3 is 0 Å². The number of hydrogen-bond donors (Lipinski definition) is 6. The summed E-state index contributed by atoms with van der Waals surface area (Å²) < 4.78 is 0. The summed E-state index contributed by atoms with van der Waals surface area (Å²) >= 11 is 1.64. The number of nitrogens with two attached hydrogens (primary N) is 2. The van der Waals surface area contributed by atoms with E-state index >= 15 is 0 Å². The molecule has 10 nitrogen and oxygen atoms in total. The second-order valence-corrected chi connectivity index (χ2v) is 12.7. The first-order valence-corrected chi connectivity index (χ1v) is 16.5. The number of amides is 3. The van der Waals surface area contributed by atoms with E-state index in [9.17, 15) is 14.4 Å². The fourth-order valence-electron chi connectivity index (χ4n) is 5.85. The average Bonchev–Trinajstić information content (AvgIpc) is 3.48. The molecule has 11 heteroatoms. The van der Waals surface area contributed by atoms with Crippen LogP contribution in [0.2, 0.25) is 0 Å². The molecule has 1 aliphatic heterocycles. The normalized spacial score (nSPS) is 20.0. The molecule has 4 aromatic rings. The quantitative estimate of drug-likeness (QED) is 0.189. The molecule has 5 rings (SSSR count).